The minimum atomic E-state index is -3.49. The molecule has 4 aromatic rings. The number of methoxy groups -OCH3 is 1. The van der Waals surface area contributed by atoms with Crippen molar-refractivity contribution in [2.75, 3.05) is 25.2 Å². The summed E-state index contributed by atoms with van der Waals surface area (Å²) in [6.07, 6.45) is 0.630. The van der Waals surface area contributed by atoms with E-state index in [9.17, 15) is 19.5 Å². The highest BCUT2D eigenvalue weighted by molar-refractivity contribution is 6.72. The van der Waals surface area contributed by atoms with Crippen molar-refractivity contribution in [1.82, 2.24) is 14.7 Å². The van der Waals surface area contributed by atoms with E-state index in [1.54, 1.807) is 48.2 Å². The number of carbonyl (C=O) groups excluding carboxylic acids is 2. The number of aliphatic hydroxyl groups excluding tert-OH is 1. The number of likely N-dealkylation sites (tertiary alicyclic amines) is 1. The lowest BCUT2D eigenvalue weighted by Crippen LogP contribution is -2.45. The molecular formula is C36H41FN4O6Si. The Morgan fingerprint density at radius 3 is 2.65 bits per heavy atom. The van der Waals surface area contributed by atoms with E-state index in [1.807, 2.05) is 55.5 Å². The number of nitrogens with zero attached hydrogens (tertiary/aromatic N) is 3. The van der Waals surface area contributed by atoms with Crippen LogP contribution in [0, 0.1) is 5.92 Å². The highest BCUT2D eigenvalue weighted by Crippen LogP contribution is 2.60. The summed E-state index contributed by atoms with van der Waals surface area (Å²) < 4.78 is 30.2. The standard InChI is InChI=1S/C36H41FN4O6Si/c1-22-33(48(3,4)37)31(19-32(43)39-16-8-11-25(39)21-42)47-36(22)28-18-26(46-2)14-15-30(28)40(35(36)45)20-23-9-7-10-24(17-23)41-34(44)27-12-5-6-13-29(27)38-41/h5-7,9-10,12-15,17-18,22,25,31,33,38,42H,8,11,16,19-21H2,1-4H3/t22-,25+,31+,33-,36+/m1/s1. The first kappa shape index (κ1) is 32.3. The summed E-state index contributed by atoms with van der Waals surface area (Å²) in [7, 11) is -1.94. The fourth-order valence-corrected chi connectivity index (χ4v) is 10.9. The zero-order valence-corrected chi connectivity index (χ0v) is 28.6. The number of para-hydroxylation sites is 1. The van der Waals surface area contributed by atoms with Crippen LogP contribution >= 0.6 is 0 Å². The van der Waals surface area contributed by atoms with Crippen LogP contribution in [0.5, 0.6) is 5.75 Å². The van der Waals surface area contributed by atoms with Crippen molar-refractivity contribution in [1.29, 1.82) is 0 Å². The number of benzene rings is 3. The molecule has 2 N–H and O–H groups in total. The third-order valence-corrected chi connectivity index (χ3v) is 13.0. The molecular weight excluding hydrogens is 632 g/mol. The topological polar surface area (TPSA) is 117 Å². The minimum Gasteiger partial charge on any atom is -0.497 e. The Morgan fingerprint density at radius 1 is 1.12 bits per heavy atom. The van der Waals surface area contributed by atoms with Crippen LogP contribution in [-0.4, -0.2) is 72.4 Å². The van der Waals surface area contributed by atoms with Gasteiger partial charge in [-0.15, -0.1) is 0 Å². The quantitative estimate of drug-likeness (QED) is 0.201. The molecule has 0 aliphatic carbocycles. The van der Waals surface area contributed by atoms with Crippen molar-refractivity contribution in [3.8, 4) is 11.4 Å². The number of nitrogens with one attached hydrogen (secondary N) is 1. The largest absolute Gasteiger partial charge is 0.497 e. The Balaban J connectivity index is 1.26. The van der Waals surface area contributed by atoms with Gasteiger partial charge in [-0.05, 0) is 74.0 Å². The van der Waals surface area contributed by atoms with Gasteiger partial charge in [0.15, 0.2) is 5.60 Å². The van der Waals surface area contributed by atoms with Gasteiger partial charge in [0, 0.05) is 23.6 Å². The zero-order chi connectivity index (χ0) is 34.0. The molecule has 48 heavy (non-hydrogen) atoms. The number of ether oxygens (including phenoxy) is 2. The molecule has 0 unspecified atom stereocenters. The van der Waals surface area contributed by atoms with Crippen LogP contribution in [0.3, 0.4) is 0 Å². The smallest absolute Gasteiger partial charge is 0.279 e. The third kappa shape index (κ3) is 5.08. The van der Waals surface area contributed by atoms with Gasteiger partial charge in [-0.2, -0.15) is 0 Å². The second-order valence-electron chi connectivity index (χ2n) is 13.8. The maximum absolute atomic E-state index is 16.3. The molecule has 0 saturated carbocycles. The molecule has 3 aliphatic rings. The number of hydrogen-bond donors (Lipinski definition) is 2. The highest BCUT2D eigenvalue weighted by atomic mass is 28.4. The molecule has 1 aromatic heterocycles. The Labute approximate surface area is 279 Å². The number of amides is 2. The van der Waals surface area contributed by atoms with Gasteiger partial charge in [0.25, 0.3) is 11.5 Å². The Hall–Kier alpha value is -4.26. The SMILES string of the molecule is COc1ccc2c(c1)[C@]1(O[C@@H](CC(=O)N3CCC[C@H]3CO)[C@H]([Si](C)(C)F)[C@H]1C)C(=O)N2Cc1cccc(-n2[nH]c3ccccc3c2=O)c1. The number of fused-ring (bicyclic) bond motifs is 3. The third-order valence-electron chi connectivity index (χ3n) is 10.6. The van der Waals surface area contributed by atoms with Gasteiger partial charge in [-0.25, -0.2) is 4.68 Å². The fourth-order valence-electron chi connectivity index (χ4n) is 8.37. The van der Waals surface area contributed by atoms with E-state index in [0.717, 1.165) is 23.9 Å². The van der Waals surface area contributed by atoms with Crippen LogP contribution < -0.4 is 15.2 Å². The molecule has 2 saturated heterocycles. The van der Waals surface area contributed by atoms with Gasteiger partial charge in [0.05, 0.1) is 61.1 Å². The lowest BCUT2D eigenvalue weighted by molar-refractivity contribution is -0.150. The Kier molecular flexibility index (Phi) is 8.08. The van der Waals surface area contributed by atoms with Crippen LogP contribution in [-0.2, 0) is 26.5 Å². The molecule has 2 fully saturated rings. The lowest BCUT2D eigenvalue weighted by atomic mass is 9.82. The molecule has 4 heterocycles. The van der Waals surface area contributed by atoms with Crippen LogP contribution in [0.4, 0.5) is 9.80 Å². The van der Waals surface area contributed by atoms with Gasteiger partial charge in [0.2, 0.25) is 14.3 Å². The first-order valence-electron chi connectivity index (χ1n) is 16.5. The van der Waals surface area contributed by atoms with Crippen molar-refractivity contribution >= 4 is 36.8 Å². The van der Waals surface area contributed by atoms with E-state index in [-0.39, 0.29) is 43.0 Å². The number of aromatic nitrogens is 2. The molecule has 252 valence electrons. The average molecular weight is 673 g/mol. The van der Waals surface area contributed by atoms with Crippen molar-refractivity contribution in [2.24, 2.45) is 5.92 Å². The maximum atomic E-state index is 16.3. The minimum absolute atomic E-state index is 0.0680. The van der Waals surface area contributed by atoms with Gasteiger partial charge < -0.3 is 28.5 Å². The fraction of sp³-hybridized carbons (Fsp3) is 0.417. The summed E-state index contributed by atoms with van der Waals surface area (Å²) in [5, 5.41) is 13.6. The molecule has 5 atom stereocenters. The van der Waals surface area contributed by atoms with Crippen molar-refractivity contribution < 1.29 is 28.3 Å². The number of H-pyrrole nitrogens is 1. The maximum Gasteiger partial charge on any atom is 0.279 e. The summed E-state index contributed by atoms with van der Waals surface area (Å²) in [4.78, 5) is 45.0. The summed E-state index contributed by atoms with van der Waals surface area (Å²) in [5.74, 6) is -0.552. The van der Waals surface area contributed by atoms with Crippen LogP contribution in [0.25, 0.3) is 16.6 Å². The van der Waals surface area contributed by atoms with E-state index in [4.69, 9.17) is 9.47 Å². The van der Waals surface area contributed by atoms with Crippen molar-refractivity contribution in [2.45, 2.75) is 69.1 Å². The molecule has 12 heteroatoms. The van der Waals surface area contributed by atoms with Crippen LogP contribution in [0.15, 0.2) is 71.5 Å². The first-order chi connectivity index (χ1) is 23.0. The van der Waals surface area contributed by atoms with Crippen molar-refractivity contribution in [3.05, 3.63) is 88.2 Å². The summed E-state index contributed by atoms with van der Waals surface area (Å²) in [6, 6.07) is 19.9. The van der Waals surface area contributed by atoms with E-state index < -0.39 is 31.6 Å². The number of rotatable bonds is 8. The molecule has 0 radical (unpaired) electrons. The summed E-state index contributed by atoms with van der Waals surface area (Å²) >= 11 is 0. The number of hydrogen-bond acceptors (Lipinski definition) is 6. The molecule has 10 nitrogen and oxygen atoms in total. The molecule has 3 aliphatic heterocycles. The number of aliphatic hydroxyl groups is 1. The monoisotopic (exact) mass is 672 g/mol. The number of carbonyl (C=O) groups is 2. The van der Waals surface area contributed by atoms with Crippen LogP contribution in [0.1, 0.15) is 37.3 Å². The average Bonchev–Trinajstić information content (AvgIpc) is 3.81. The van der Waals surface area contributed by atoms with E-state index in [0.29, 0.717) is 34.6 Å². The Bertz CT molecular complexity index is 1950. The molecule has 1 spiro atoms. The highest BCUT2D eigenvalue weighted by Gasteiger charge is 2.67. The molecule has 7 rings (SSSR count). The predicted octanol–water partition coefficient (Wildman–Crippen LogP) is 5.02. The van der Waals surface area contributed by atoms with Gasteiger partial charge in [0.1, 0.15) is 5.75 Å². The summed E-state index contributed by atoms with van der Waals surface area (Å²) in [5.41, 5.74) is 1.01. The second-order valence-corrected chi connectivity index (χ2v) is 17.6. The molecule has 3 aromatic carbocycles. The number of anilines is 1. The van der Waals surface area contributed by atoms with E-state index in [2.05, 4.69) is 5.10 Å². The van der Waals surface area contributed by atoms with Crippen molar-refractivity contribution in [3.63, 3.8) is 0 Å². The van der Waals surface area contributed by atoms with Gasteiger partial charge >= 0.3 is 0 Å². The second kappa shape index (κ2) is 12.0. The normalized spacial score (nSPS) is 25.4. The lowest BCUT2D eigenvalue weighted by Gasteiger charge is -2.31. The predicted molar refractivity (Wildman–Crippen MR) is 183 cm³/mol. The van der Waals surface area contributed by atoms with E-state index >= 15 is 4.11 Å². The van der Waals surface area contributed by atoms with Gasteiger partial charge in [-0.1, -0.05) is 31.2 Å². The first-order valence-corrected chi connectivity index (χ1v) is 19.5. The molecule has 2 amide bonds. The molecule has 0 bridgehead atoms. The van der Waals surface area contributed by atoms with E-state index in [1.165, 1.54) is 4.68 Å². The zero-order valence-electron chi connectivity index (χ0n) is 27.6. The summed E-state index contributed by atoms with van der Waals surface area (Å²) in [6.45, 7) is 5.68. The van der Waals surface area contributed by atoms with Crippen LogP contribution in [0.2, 0.25) is 18.6 Å². The number of aromatic amines is 1. The number of halogens is 1. The Morgan fingerprint density at radius 2 is 1.92 bits per heavy atom. The van der Waals surface area contributed by atoms with Gasteiger partial charge in [-0.3, -0.25) is 19.5 Å².